The van der Waals surface area contributed by atoms with Gasteiger partial charge in [-0.05, 0) is 38.0 Å². The molecule has 1 unspecified atom stereocenters. The van der Waals surface area contributed by atoms with Crippen LogP contribution in [0.15, 0.2) is 18.2 Å². The summed E-state index contributed by atoms with van der Waals surface area (Å²) in [5.74, 6) is 0.0211. The fourth-order valence-electron chi connectivity index (χ4n) is 2.44. The first kappa shape index (κ1) is 16.3. The Morgan fingerprint density at radius 1 is 1.52 bits per heavy atom. The second-order valence-electron chi connectivity index (χ2n) is 5.60. The fraction of sp³-hybridized carbons (Fsp3) is 0.562. The van der Waals surface area contributed by atoms with E-state index in [4.69, 9.17) is 16.3 Å². The molecule has 0 bridgehead atoms. The van der Waals surface area contributed by atoms with Crippen molar-refractivity contribution in [3.8, 4) is 0 Å². The van der Waals surface area contributed by atoms with Gasteiger partial charge in [0.1, 0.15) is 0 Å². The molecule has 1 saturated heterocycles. The summed E-state index contributed by atoms with van der Waals surface area (Å²) in [6.07, 6.45) is 1.75. The average Bonchev–Trinajstić information content (AvgIpc) is 2.65. The van der Waals surface area contributed by atoms with Crippen molar-refractivity contribution in [3.05, 3.63) is 28.8 Å². The van der Waals surface area contributed by atoms with Crippen LogP contribution in [0.5, 0.6) is 0 Å². The Bertz CT molecular complexity index is 493. The molecule has 1 aliphatic rings. The lowest BCUT2D eigenvalue weighted by molar-refractivity contribution is -0.116. The zero-order chi connectivity index (χ0) is 15.2. The highest BCUT2D eigenvalue weighted by Crippen LogP contribution is 2.20. The first-order valence-electron chi connectivity index (χ1n) is 7.44. The SMILES string of the molecule is Cc1ccc(NC(=O)CCN2CCCOC(C)C2)cc1Cl. The summed E-state index contributed by atoms with van der Waals surface area (Å²) in [6, 6.07) is 5.57. The molecular weight excluding hydrogens is 288 g/mol. The normalized spacial score (nSPS) is 20.0. The maximum absolute atomic E-state index is 12.0. The van der Waals surface area contributed by atoms with Gasteiger partial charge in [-0.25, -0.2) is 0 Å². The first-order chi connectivity index (χ1) is 10.0. The van der Waals surface area contributed by atoms with Gasteiger partial charge in [-0.2, -0.15) is 0 Å². The van der Waals surface area contributed by atoms with E-state index in [2.05, 4.69) is 17.1 Å². The zero-order valence-corrected chi connectivity index (χ0v) is 13.4. The molecule has 1 amide bonds. The molecule has 0 saturated carbocycles. The minimum Gasteiger partial charge on any atom is -0.377 e. The lowest BCUT2D eigenvalue weighted by atomic mass is 10.2. The zero-order valence-electron chi connectivity index (χ0n) is 12.7. The summed E-state index contributed by atoms with van der Waals surface area (Å²) >= 11 is 6.06. The number of anilines is 1. The number of ether oxygens (including phenoxy) is 1. The molecule has 1 aliphatic heterocycles. The third kappa shape index (κ3) is 5.30. The smallest absolute Gasteiger partial charge is 0.225 e. The van der Waals surface area contributed by atoms with Crippen LogP contribution in [0.2, 0.25) is 5.02 Å². The lowest BCUT2D eigenvalue weighted by Gasteiger charge is -2.21. The molecule has 1 heterocycles. The second kappa shape index (κ2) is 7.78. The van der Waals surface area contributed by atoms with Gasteiger partial charge >= 0.3 is 0 Å². The molecule has 0 aliphatic carbocycles. The Labute approximate surface area is 131 Å². The summed E-state index contributed by atoms with van der Waals surface area (Å²) in [6.45, 7) is 7.48. The van der Waals surface area contributed by atoms with E-state index in [9.17, 15) is 4.79 Å². The van der Waals surface area contributed by atoms with Crippen LogP contribution in [0.4, 0.5) is 5.69 Å². The summed E-state index contributed by atoms with van der Waals surface area (Å²) in [7, 11) is 0. The predicted molar refractivity (Wildman–Crippen MR) is 85.9 cm³/mol. The number of nitrogens with one attached hydrogen (secondary N) is 1. The van der Waals surface area contributed by atoms with Crippen LogP contribution in [-0.4, -0.2) is 43.2 Å². The standard InChI is InChI=1S/C16H23ClN2O2/c1-12-4-5-14(10-15(12)17)18-16(20)6-8-19-7-3-9-21-13(2)11-19/h4-5,10,13H,3,6-9,11H2,1-2H3,(H,18,20). The Hall–Kier alpha value is -1.10. The number of benzene rings is 1. The van der Waals surface area contributed by atoms with E-state index in [0.29, 0.717) is 11.4 Å². The van der Waals surface area contributed by atoms with E-state index >= 15 is 0 Å². The van der Waals surface area contributed by atoms with Crippen LogP contribution in [-0.2, 0) is 9.53 Å². The molecule has 1 atom stereocenters. The lowest BCUT2D eigenvalue weighted by Crippen LogP contribution is -2.33. The van der Waals surface area contributed by atoms with Crippen LogP contribution in [0.3, 0.4) is 0 Å². The number of rotatable bonds is 4. The van der Waals surface area contributed by atoms with Gasteiger partial charge in [0.05, 0.1) is 6.10 Å². The Balaban J connectivity index is 1.80. The number of aryl methyl sites for hydroxylation is 1. The molecule has 21 heavy (non-hydrogen) atoms. The van der Waals surface area contributed by atoms with Crippen molar-refractivity contribution in [2.45, 2.75) is 32.8 Å². The summed E-state index contributed by atoms with van der Waals surface area (Å²) in [5.41, 5.74) is 1.76. The average molecular weight is 311 g/mol. The van der Waals surface area contributed by atoms with Crippen LogP contribution < -0.4 is 5.32 Å². The number of carbonyl (C=O) groups is 1. The molecular formula is C16H23ClN2O2. The minimum absolute atomic E-state index is 0.0211. The topological polar surface area (TPSA) is 41.6 Å². The molecule has 0 spiro atoms. The largest absolute Gasteiger partial charge is 0.377 e. The minimum atomic E-state index is 0.0211. The van der Waals surface area contributed by atoms with E-state index in [1.807, 2.05) is 19.1 Å². The number of amides is 1. The molecule has 116 valence electrons. The monoisotopic (exact) mass is 310 g/mol. The van der Waals surface area contributed by atoms with E-state index in [1.165, 1.54) is 0 Å². The molecule has 1 N–H and O–H groups in total. The van der Waals surface area contributed by atoms with Crippen molar-refractivity contribution in [3.63, 3.8) is 0 Å². The van der Waals surface area contributed by atoms with Gasteiger partial charge in [0.2, 0.25) is 5.91 Å². The van der Waals surface area contributed by atoms with Crippen LogP contribution in [0.25, 0.3) is 0 Å². The van der Waals surface area contributed by atoms with Crippen molar-refractivity contribution < 1.29 is 9.53 Å². The maximum Gasteiger partial charge on any atom is 0.225 e. The molecule has 0 radical (unpaired) electrons. The highest BCUT2D eigenvalue weighted by atomic mass is 35.5. The molecule has 0 aromatic heterocycles. The first-order valence-corrected chi connectivity index (χ1v) is 7.82. The third-order valence-corrected chi connectivity index (χ3v) is 4.05. The van der Waals surface area contributed by atoms with Gasteiger partial charge in [-0.3, -0.25) is 4.79 Å². The van der Waals surface area contributed by atoms with Crippen molar-refractivity contribution in [2.24, 2.45) is 0 Å². The molecule has 2 rings (SSSR count). The highest BCUT2D eigenvalue weighted by Gasteiger charge is 2.15. The highest BCUT2D eigenvalue weighted by molar-refractivity contribution is 6.31. The number of hydrogen-bond acceptors (Lipinski definition) is 3. The van der Waals surface area contributed by atoms with E-state index < -0.39 is 0 Å². The Morgan fingerprint density at radius 3 is 3.10 bits per heavy atom. The summed E-state index contributed by atoms with van der Waals surface area (Å²) < 4.78 is 5.60. The van der Waals surface area contributed by atoms with E-state index in [-0.39, 0.29) is 12.0 Å². The molecule has 1 fully saturated rings. The molecule has 5 heteroatoms. The van der Waals surface area contributed by atoms with Gasteiger partial charge in [0, 0.05) is 43.4 Å². The second-order valence-corrected chi connectivity index (χ2v) is 6.00. The van der Waals surface area contributed by atoms with Crippen LogP contribution >= 0.6 is 11.6 Å². The summed E-state index contributed by atoms with van der Waals surface area (Å²) in [5, 5.41) is 3.57. The molecule has 4 nitrogen and oxygen atoms in total. The maximum atomic E-state index is 12.0. The molecule has 1 aromatic carbocycles. The van der Waals surface area contributed by atoms with Gasteiger partial charge in [0.15, 0.2) is 0 Å². The fourth-order valence-corrected chi connectivity index (χ4v) is 2.62. The van der Waals surface area contributed by atoms with Gasteiger partial charge in [-0.15, -0.1) is 0 Å². The van der Waals surface area contributed by atoms with Crippen molar-refractivity contribution in [1.82, 2.24) is 4.90 Å². The number of halogens is 1. The Kier molecular flexibility index (Phi) is 6.03. The van der Waals surface area contributed by atoms with Crippen LogP contribution in [0, 0.1) is 6.92 Å². The van der Waals surface area contributed by atoms with Crippen molar-refractivity contribution in [1.29, 1.82) is 0 Å². The summed E-state index contributed by atoms with van der Waals surface area (Å²) in [4.78, 5) is 14.3. The number of nitrogens with zero attached hydrogens (tertiary/aromatic N) is 1. The van der Waals surface area contributed by atoms with Crippen molar-refractivity contribution in [2.75, 3.05) is 31.6 Å². The Morgan fingerprint density at radius 2 is 2.33 bits per heavy atom. The van der Waals surface area contributed by atoms with Gasteiger partial charge in [0.25, 0.3) is 0 Å². The number of hydrogen-bond donors (Lipinski definition) is 1. The third-order valence-electron chi connectivity index (χ3n) is 3.65. The van der Waals surface area contributed by atoms with Gasteiger partial charge < -0.3 is 15.0 Å². The quantitative estimate of drug-likeness (QED) is 0.929. The van der Waals surface area contributed by atoms with Gasteiger partial charge in [-0.1, -0.05) is 17.7 Å². The predicted octanol–water partition coefficient (Wildman–Crippen LogP) is 3.09. The van der Waals surface area contributed by atoms with Crippen molar-refractivity contribution >= 4 is 23.2 Å². The van der Waals surface area contributed by atoms with E-state index in [1.54, 1.807) is 6.07 Å². The van der Waals surface area contributed by atoms with E-state index in [0.717, 1.165) is 43.9 Å². The van der Waals surface area contributed by atoms with Crippen LogP contribution in [0.1, 0.15) is 25.3 Å². The molecule has 1 aromatic rings. The number of carbonyl (C=O) groups excluding carboxylic acids is 1.